The SMILES string of the molecule is C=C/C(=C\N=C(/C)Cl)OC(C)C. The first kappa shape index (κ1) is 11.2. The molecule has 0 amide bonds. The Morgan fingerprint density at radius 2 is 2.17 bits per heavy atom. The zero-order valence-electron chi connectivity index (χ0n) is 7.67. The summed E-state index contributed by atoms with van der Waals surface area (Å²) in [6.45, 7) is 9.17. The highest BCUT2D eigenvalue weighted by Gasteiger charge is 1.95. The van der Waals surface area contributed by atoms with E-state index in [2.05, 4.69) is 11.6 Å². The van der Waals surface area contributed by atoms with E-state index in [0.717, 1.165) is 0 Å². The summed E-state index contributed by atoms with van der Waals surface area (Å²) in [6.07, 6.45) is 3.28. The maximum absolute atomic E-state index is 5.53. The summed E-state index contributed by atoms with van der Waals surface area (Å²) >= 11 is 5.53. The van der Waals surface area contributed by atoms with Gasteiger partial charge in [0.1, 0.15) is 10.9 Å². The highest BCUT2D eigenvalue weighted by atomic mass is 35.5. The van der Waals surface area contributed by atoms with Crippen LogP contribution in [0, 0.1) is 0 Å². The van der Waals surface area contributed by atoms with Crippen LogP contribution in [0.25, 0.3) is 0 Å². The largest absolute Gasteiger partial charge is 0.489 e. The minimum Gasteiger partial charge on any atom is -0.489 e. The smallest absolute Gasteiger partial charge is 0.137 e. The molecule has 2 nitrogen and oxygen atoms in total. The van der Waals surface area contributed by atoms with Gasteiger partial charge in [-0.25, -0.2) is 4.99 Å². The normalized spacial score (nSPS) is 13.4. The zero-order valence-corrected chi connectivity index (χ0v) is 8.43. The third kappa shape index (κ3) is 5.98. The van der Waals surface area contributed by atoms with Gasteiger partial charge in [0.15, 0.2) is 0 Å². The molecule has 0 saturated heterocycles. The van der Waals surface area contributed by atoms with E-state index in [1.54, 1.807) is 19.2 Å². The van der Waals surface area contributed by atoms with Gasteiger partial charge in [-0.15, -0.1) is 0 Å². The highest BCUT2D eigenvalue weighted by molar-refractivity contribution is 6.64. The van der Waals surface area contributed by atoms with Crippen LogP contribution in [0.2, 0.25) is 0 Å². The molecule has 0 atom stereocenters. The van der Waals surface area contributed by atoms with E-state index in [-0.39, 0.29) is 6.10 Å². The molecule has 3 heteroatoms. The average Bonchev–Trinajstić information content (AvgIpc) is 1.97. The van der Waals surface area contributed by atoms with Crippen molar-refractivity contribution in [2.75, 3.05) is 0 Å². The Bertz CT molecular complexity index is 203. The van der Waals surface area contributed by atoms with Crippen molar-refractivity contribution in [3.63, 3.8) is 0 Å². The van der Waals surface area contributed by atoms with E-state index >= 15 is 0 Å². The van der Waals surface area contributed by atoms with Crippen molar-refractivity contribution in [1.82, 2.24) is 0 Å². The summed E-state index contributed by atoms with van der Waals surface area (Å²) in [7, 11) is 0. The van der Waals surface area contributed by atoms with Crippen LogP contribution in [0.5, 0.6) is 0 Å². The lowest BCUT2D eigenvalue weighted by atomic mass is 10.4. The molecule has 0 unspecified atom stereocenters. The van der Waals surface area contributed by atoms with Crippen LogP contribution >= 0.6 is 11.6 Å². The monoisotopic (exact) mass is 187 g/mol. The molecule has 0 radical (unpaired) electrons. The fourth-order valence-corrected chi connectivity index (χ4v) is 0.605. The van der Waals surface area contributed by atoms with Crippen LogP contribution in [0.15, 0.2) is 29.6 Å². The molecule has 0 aliphatic heterocycles. The molecule has 0 fully saturated rings. The Labute approximate surface area is 78.6 Å². The van der Waals surface area contributed by atoms with Crippen molar-refractivity contribution < 1.29 is 4.74 Å². The van der Waals surface area contributed by atoms with E-state index in [9.17, 15) is 0 Å². The van der Waals surface area contributed by atoms with Gasteiger partial charge in [0.05, 0.1) is 12.3 Å². The molecule has 0 rings (SSSR count). The van der Waals surface area contributed by atoms with Gasteiger partial charge in [-0.1, -0.05) is 18.2 Å². The van der Waals surface area contributed by atoms with E-state index in [1.807, 2.05) is 13.8 Å². The average molecular weight is 188 g/mol. The Kier molecular flexibility index (Phi) is 5.47. The molecule has 0 aromatic carbocycles. The Hall–Kier alpha value is -0.760. The van der Waals surface area contributed by atoms with Crippen molar-refractivity contribution in [3.05, 3.63) is 24.6 Å². The van der Waals surface area contributed by atoms with Crippen LogP contribution < -0.4 is 0 Å². The Balaban J connectivity index is 4.24. The van der Waals surface area contributed by atoms with Gasteiger partial charge < -0.3 is 4.74 Å². The molecule has 0 aromatic rings. The highest BCUT2D eigenvalue weighted by Crippen LogP contribution is 2.03. The number of hydrogen-bond acceptors (Lipinski definition) is 2. The van der Waals surface area contributed by atoms with Crippen LogP contribution in [0.3, 0.4) is 0 Å². The lowest BCUT2D eigenvalue weighted by Gasteiger charge is -2.08. The van der Waals surface area contributed by atoms with Gasteiger partial charge in [-0.3, -0.25) is 0 Å². The summed E-state index contributed by atoms with van der Waals surface area (Å²) in [5, 5.41) is 0.474. The molecule has 0 saturated carbocycles. The van der Waals surface area contributed by atoms with Gasteiger partial charge in [-0.2, -0.15) is 0 Å². The second-order valence-electron chi connectivity index (χ2n) is 2.53. The number of rotatable bonds is 4. The van der Waals surface area contributed by atoms with Gasteiger partial charge in [0, 0.05) is 0 Å². The molecule has 0 heterocycles. The van der Waals surface area contributed by atoms with E-state index < -0.39 is 0 Å². The standard InChI is InChI=1S/C9H14ClNO/c1-5-9(12-7(2)3)6-11-8(4)10/h5-7H,1H2,2-4H3/b9-6+,11-8+. The molecular formula is C9H14ClNO. The molecule has 12 heavy (non-hydrogen) atoms. The summed E-state index contributed by atoms with van der Waals surface area (Å²) in [5.41, 5.74) is 0. The van der Waals surface area contributed by atoms with Crippen LogP contribution in [-0.4, -0.2) is 11.3 Å². The van der Waals surface area contributed by atoms with Crippen molar-refractivity contribution >= 4 is 16.8 Å². The number of ether oxygens (including phenoxy) is 1. The zero-order chi connectivity index (χ0) is 9.56. The minimum atomic E-state index is 0.125. The summed E-state index contributed by atoms with van der Waals surface area (Å²) in [4.78, 5) is 3.87. The van der Waals surface area contributed by atoms with E-state index in [0.29, 0.717) is 10.9 Å². The minimum absolute atomic E-state index is 0.125. The first-order valence-corrected chi connectivity index (χ1v) is 4.13. The third-order valence-electron chi connectivity index (χ3n) is 0.943. The van der Waals surface area contributed by atoms with Crippen molar-refractivity contribution in [2.24, 2.45) is 4.99 Å². The van der Waals surface area contributed by atoms with Crippen LogP contribution in [-0.2, 0) is 4.74 Å². The van der Waals surface area contributed by atoms with Crippen molar-refractivity contribution in [2.45, 2.75) is 26.9 Å². The van der Waals surface area contributed by atoms with Gasteiger partial charge in [-0.05, 0) is 26.8 Å². The molecule has 0 aromatic heterocycles. The molecular weight excluding hydrogens is 174 g/mol. The molecule has 0 aliphatic carbocycles. The molecule has 0 spiro atoms. The summed E-state index contributed by atoms with van der Waals surface area (Å²) in [5.74, 6) is 0.630. The number of halogens is 1. The maximum atomic E-state index is 5.53. The first-order valence-electron chi connectivity index (χ1n) is 3.75. The fraction of sp³-hybridized carbons (Fsp3) is 0.444. The van der Waals surface area contributed by atoms with Gasteiger partial charge in [0.2, 0.25) is 0 Å². The van der Waals surface area contributed by atoms with Crippen molar-refractivity contribution in [3.8, 4) is 0 Å². The lowest BCUT2D eigenvalue weighted by Crippen LogP contribution is -2.00. The fourth-order valence-electron chi connectivity index (χ4n) is 0.556. The molecule has 0 bridgehead atoms. The quantitative estimate of drug-likeness (QED) is 0.377. The Morgan fingerprint density at radius 1 is 1.58 bits per heavy atom. The van der Waals surface area contributed by atoms with Crippen LogP contribution in [0.4, 0.5) is 0 Å². The first-order chi connectivity index (χ1) is 5.56. The topological polar surface area (TPSA) is 21.6 Å². The maximum Gasteiger partial charge on any atom is 0.137 e. The van der Waals surface area contributed by atoms with Gasteiger partial charge in [0.25, 0.3) is 0 Å². The van der Waals surface area contributed by atoms with Crippen LogP contribution in [0.1, 0.15) is 20.8 Å². The number of nitrogens with zero attached hydrogens (tertiary/aromatic N) is 1. The van der Waals surface area contributed by atoms with Crippen molar-refractivity contribution in [1.29, 1.82) is 0 Å². The summed E-state index contributed by atoms with van der Waals surface area (Å²) < 4.78 is 5.33. The molecule has 68 valence electrons. The second kappa shape index (κ2) is 5.84. The van der Waals surface area contributed by atoms with E-state index in [4.69, 9.17) is 16.3 Å². The molecule has 0 N–H and O–H groups in total. The van der Waals surface area contributed by atoms with E-state index in [1.165, 1.54) is 0 Å². The lowest BCUT2D eigenvalue weighted by molar-refractivity contribution is 0.157. The Morgan fingerprint density at radius 3 is 2.50 bits per heavy atom. The summed E-state index contributed by atoms with van der Waals surface area (Å²) in [6, 6.07) is 0. The second-order valence-corrected chi connectivity index (χ2v) is 3.08. The third-order valence-corrected chi connectivity index (χ3v) is 1.04. The number of hydrogen-bond donors (Lipinski definition) is 0. The van der Waals surface area contributed by atoms with Gasteiger partial charge >= 0.3 is 0 Å². The molecule has 0 aliphatic rings. The predicted octanol–water partition coefficient (Wildman–Crippen LogP) is 3.10. The predicted molar refractivity (Wildman–Crippen MR) is 53.5 cm³/mol. The number of aliphatic imine (C=N–C) groups is 1. The number of allylic oxidation sites excluding steroid dienone is 1.